The molecule has 2 heterocycles. The van der Waals surface area contributed by atoms with E-state index >= 15 is 0 Å². The SMILES string of the molecule is COc1cc(OC)c2c(=O)cc(-c3ccc(OC4OC(CO)C(O)C(O)C4O)cc3)oc2c1. The monoisotopic (exact) mass is 460 g/mol. The van der Waals surface area contributed by atoms with Gasteiger partial charge in [0.15, 0.2) is 5.43 Å². The molecule has 0 spiro atoms. The highest BCUT2D eigenvalue weighted by molar-refractivity contribution is 5.86. The van der Waals surface area contributed by atoms with Gasteiger partial charge < -0.3 is 43.8 Å². The number of benzene rings is 2. The van der Waals surface area contributed by atoms with Crippen molar-refractivity contribution < 1.29 is 43.8 Å². The van der Waals surface area contributed by atoms with E-state index in [-0.39, 0.29) is 11.2 Å². The first-order valence-electron chi connectivity index (χ1n) is 10.1. The molecular formula is C23H24O10. The lowest BCUT2D eigenvalue weighted by atomic mass is 9.99. The fourth-order valence-electron chi connectivity index (χ4n) is 3.65. The summed E-state index contributed by atoms with van der Waals surface area (Å²) in [4.78, 5) is 12.7. The summed E-state index contributed by atoms with van der Waals surface area (Å²) >= 11 is 0. The zero-order chi connectivity index (χ0) is 23.7. The summed E-state index contributed by atoms with van der Waals surface area (Å²) in [5.41, 5.74) is 0.597. The third-order valence-corrected chi connectivity index (χ3v) is 5.46. The maximum absolute atomic E-state index is 12.7. The number of rotatable bonds is 6. The van der Waals surface area contributed by atoms with Crippen LogP contribution in [0.5, 0.6) is 17.2 Å². The number of methoxy groups -OCH3 is 2. The van der Waals surface area contributed by atoms with Crippen molar-refractivity contribution in [2.75, 3.05) is 20.8 Å². The highest BCUT2D eigenvalue weighted by Crippen LogP contribution is 2.32. The van der Waals surface area contributed by atoms with Gasteiger partial charge in [-0.1, -0.05) is 0 Å². The van der Waals surface area contributed by atoms with Crippen molar-refractivity contribution in [1.82, 2.24) is 0 Å². The third kappa shape index (κ3) is 4.39. The van der Waals surface area contributed by atoms with Gasteiger partial charge in [-0.15, -0.1) is 0 Å². The van der Waals surface area contributed by atoms with Crippen LogP contribution in [0.1, 0.15) is 0 Å². The second-order valence-corrected chi connectivity index (χ2v) is 7.52. The normalized spacial score (nSPS) is 25.1. The van der Waals surface area contributed by atoms with E-state index in [1.807, 2.05) is 0 Å². The van der Waals surface area contributed by atoms with E-state index in [1.165, 1.54) is 20.3 Å². The van der Waals surface area contributed by atoms with E-state index in [4.69, 9.17) is 23.4 Å². The minimum Gasteiger partial charge on any atom is -0.496 e. The molecule has 10 nitrogen and oxygen atoms in total. The van der Waals surface area contributed by atoms with Crippen LogP contribution < -0.4 is 19.6 Å². The molecule has 0 radical (unpaired) electrons. The van der Waals surface area contributed by atoms with Crippen LogP contribution in [0.4, 0.5) is 0 Å². The van der Waals surface area contributed by atoms with Crippen LogP contribution in [0.2, 0.25) is 0 Å². The molecule has 5 unspecified atom stereocenters. The predicted octanol–water partition coefficient (Wildman–Crippen LogP) is 0.656. The quantitative estimate of drug-likeness (QED) is 0.413. The summed E-state index contributed by atoms with van der Waals surface area (Å²) in [5.74, 6) is 1.41. The molecule has 0 amide bonds. The highest BCUT2D eigenvalue weighted by Gasteiger charge is 2.44. The van der Waals surface area contributed by atoms with Crippen LogP contribution in [0, 0.1) is 0 Å². The van der Waals surface area contributed by atoms with Crippen molar-refractivity contribution in [1.29, 1.82) is 0 Å². The molecule has 10 heteroatoms. The smallest absolute Gasteiger partial charge is 0.229 e. The van der Waals surface area contributed by atoms with E-state index in [2.05, 4.69) is 0 Å². The summed E-state index contributed by atoms with van der Waals surface area (Å²) in [6.07, 6.45) is -6.91. The standard InChI is InChI=1S/C23H24O10/c1-29-13-7-16(30-2)19-14(25)9-15(32-17(19)8-13)11-3-5-12(6-4-11)31-23-22(28)21(27)20(26)18(10-24)33-23/h3-9,18,20-24,26-28H,10H2,1-2H3. The molecule has 176 valence electrons. The van der Waals surface area contributed by atoms with Crippen molar-refractivity contribution in [3.8, 4) is 28.6 Å². The lowest BCUT2D eigenvalue weighted by molar-refractivity contribution is -0.277. The molecule has 1 saturated heterocycles. The Morgan fingerprint density at radius 2 is 1.64 bits per heavy atom. The number of ether oxygens (including phenoxy) is 4. The van der Waals surface area contributed by atoms with Crippen LogP contribution in [0.3, 0.4) is 0 Å². The maximum atomic E-state index is 12.7. The van der Waals surface area contributed by atoms with E-state index < -0.39 is 37.3 Å². The fourth-order valence-corrected chi connectivity index (χ4v) is 3.65. The molecule has 1 fully saturated rings. The molecule has 4 rings (SSSR count). The first-order chi connectivity index (χ1) is 15.9. The van der Waals surface area contributed by atoms with Gasteiger partial charge in [-0.25, -0.2) is 0 Å². The van der Waals surface area contributed by atoms with Crippen molar-refractivity contribution in [2.45, 2.75) is 30.7 Å². The first-order valence-corrected chi connectivity index (χ1v) is 10.1. The van der Waals surface area contributed by atoms with E-state index in [0.29, 0.717) is 33.8 Å². The van der Waals surface area contributed by atoms with Gasteiger partial charge in [0.05, 0.1) is 20.8 Å². The van der Waals surface area contributed by atoms with E-state index in [1.54, 1.807) is 36.4 Å². The minimum absolute atomic E-state index is 0.285. The van der Waals surface area contributed by atoms with Crippen LogP contribution in [-0.4, -0.2) is 72.0 Å². The molecule has 5 atom stereocenters. The number of hydrogen-bond acceptors (Lipinski definition) is 10. The van der Waals surface area contributed by atoms with Crippen molar-refractivity contribution >= 4 is 11.0 Å². The largest absolute Gasteiger partial charge is 0.496 e. The van der Waals surface area contributed by atoms with Gasteiger partial charge in [-0.3, -0.25) is 4.79 Å². The zero-order valence-electron chi connectivity index (χ0n) is 17.9. The second kappa shape index (κ2) is 9.38. The highest BCUT2D eigenvalue weighted by atomic mass is 16.7. The summed E-state index contributed by atoms with van der Waals surface area (Å²) in [7, 11) is 2.95. The molecule has 3 aromatic rings. The van der Waals surface area contributed by atoms with Crippen LogP contribution in [-0.2, 0) is 4.74 Å². The van der Waals surface area contributed by atoms with Gasteiger partial charge in [-0.05, 0) is 24.3 Å². The molecule has 1 aromatic heterocycles. The molecule has 33 heavy (non-hydrogen) atoms. The lowest BCUT2D eigenvalue weighted by Gasteiger charge is -2.39. The Morgan fingerprint density at radius 3 is 2.27 bits per heavy atom. The Balaban J connectivity index is 1.60. The number of fused-ring (bicyclic) bond motifs is 1. The summed E-state index contributed by atoms with van der Waals surface area (Å²) in [6, 6.07) is 11.0. The molecule has 0 aliphatic carbocycles. The number of hydrogen-bond donors (Lipinski definition) is 4. The Hall–Kier alpha value is -3.15. The Labute approximate surface area is 188 Å². The topological polar surface area (TPSA) is 148 Å². The molecule has 2 aromatic carbocycles. The third-order valence-electron chi connectivity index (χ3n) is 5.46. The van der Waals surface area contributed by atoms with Crippen LogP contribution in [0.15, 0.2) is 51.7 Å². The van der Waals surface area contributed by atoms with Crippen molar-refractivity contribution in [3.63, 3.8) is 0 Å². The van der Waals surface area contributed by atoms with E-state index in [9.17, 15) is 25.2 Å². The van der Waals surface area contributed by atoms with Gasteiger partial charge in [-0.2, -0.15) is 0 Å². The van der Waals surface area contributed by atoms with Gasteiger partial charge in [0.2, 0.25) is 6.29 Å². The van der Waals surface area contributed by atoms with Gasteiger partial charge in [0, 0.05) is 23.8 Å². The van der Waals surface area contributed by atoms with Crippen molar-refractivity contribution in [2.24, 2.45) is 0 Å². The molecule has 1 aliphatic heterocycles. The Morgan fingerprint density at radius 1 is 0.909 bits per heavy atom. The predicted molar refractivity (Wildman–Crippen MR) is 115 cm³/mol. The molecule has 4 N–H and O–H groups in total. The summed E-state index contributed by atoms with van der Waals surface area (Å²) < 4.78 is 27.4. The van der Waals surface area contributed by atoms with Crippen LogP contribution in [0.25, 0.3) is 22.3 Å². The van der Waals surface area contributed by atoms with Gasteiger partial charge >= 0.3 is 0 Å². The van der Waals surface area contributed by atoms with Crippen molar-refractivity contribution in [3.05, 3.63) is 52.7 Å². The molecule has 0 bridgehead atoms. The van der Waals surface area contributed by atoms with E-state index in [0.717, 1.165) is 0 Å². The number of aliphatic hydroxyl groups excluding tert-OH is 4. The van der Waals surface area contributed by atoms with Gasteiger partial charge in [0.25, 0.3) is 0 Å². The molecule has 1 aliphatic rings. The second-order valence-electron chi connectivity index (χ2n) is 7.52. The average molecular weight is 460 g/mol. The fraction of sp³-hybridized carbons (Fsp3) is 0.348. The minimum atomic E-state index is -1.54. The average Bonchev–Trinajstić information content (AvgIpc) is 2.83. The Bertz CT molecular complexity index is 1170. The Kier molecular flexibility index (Phi) is 6.54. The summed E-state index contributed by atoms with van der Waals surface area (Å²) in [5, 5.41) is 39.5. The molecular weight excluding hydrogens is 436 g/mol. The first kappa shape index (κ1) is 23.0. The summed E-state index contributed by atoms with van der Waals surface area (Å²) in [6.45, 7) is -0.555. The lowest BCUT2D eigenvalue weighted by Crippen LogP contribution is -2.60. The maximum Gasteiger partial charge on any atom is 0.229 e. The number of aliphatic hydroxyl groups is 4. The van der Waals surface area contributed by atoms with Gasteiger partial charge in [0.1, 0.15) is 58.4 Å². The zero-order valence-corrected chi connectivity index (χ0v) is 17.9. The molecule has 0 saturated carbocycles. The van der Waals surface area contributed by atoms with Crippen LogP contribution >= 0.6 is 0 Å².